The van der Waals surface area contributed by atoms with Crippen molar-refractivity contribution in [3.63, 3.8) is 0 Å². The van der Waals surface area contributed by atoms with Crippen LogP contribution in [0.5, 0.6) is 0 Å². The number of hydrogen-bond donors (Lipinski definition) is 1. The van der Waals surface area contributed by atoms with E-state index in [4.69, 9.17) is 23.2 Å². The van der Waals surface area contributed by atoms with Crippen molar-refractivity contribution in [1.82, 2.24) is 10.2 Å². The van der Waals surface area contributed by atoms with Crippen LogP contribution in [0.1, 0.15) is 30.9 Å². The highest BCUT2D eigenvalue weighted by molar-refractivity contribution is 6.31. The molecule has 0 fully saturated rings. The van der Waals surface area contributed by atoms with Crippen LogP contribution < -0.4 is 5.32 Å². The third-order valence-corrected chi connectivity index (χ3v) is 5.09. The van der Waals surface area contributed by atoms with Gasteiger partial charge in [0.25, 0.3) is 0 Å². The lowest BCUT2D eigenvalue weighted by Gasteiger charge is -2.30. The van der Waals surface area contributed by atoms with Gasteiger partial charge in [0.15, 0.2) is 0 Å². The van der Waals surface area contributed by atoms with Crippen LogP contribution in [-0.4, -0.2) is 29.8 Å². The van der Waals surface area contributed by atoms with Gasteiger partial charge < -0.3 is 10.2 Å². The Labute approximate surface area is 170 Å². The molecule has 27 heavy (non-hydrogen) atoms. The molecular formula is C21H24Cl2N2O2. The summed E-state index contributed by atoms with van der Waals surface area (Å²) in [7, 11) is 1.58. The lowest BCUT2D eigenvalue weighted by molar-refractivity contribution is -0.141. The van der Waals surface area contributed by atoms with Gasteiger partial charge in [-0.1, -0.05) is 60.5 Å². The molecule has 1 N–H and O–H groups in total. The van der Waals surface area contributed by atoms with Gasteiger partial charge in [-0.2, -0.15) is 0 Å². The summed E-state index contributed by atoms with van der Waals surface area (Å²) in [6.45, 7) is 2.25. The Kier molecular flexibility index (Phi) is 8.14. The van der Waals surface area contributed by atoms with Crippen molar-refractivity contribution in [3.8, 4) is 0 Å². The van der Waals surface area contributed by atoms with E-state index in [1.165, 1.54) is 0 Å². The molecule has 0 bridgehead atoms. The zero-order valence-corrected chi connectivity index (χ0v) is 17.1. The summed E-state index contributed by atoms with van der Waals surface area (Å²) in [5, 5.41) is 3.93. The third kappa shape index (κ3) is 5.98. The molecule has 2 aromatic carbocycles. The number of amides is 2. The van der Waals surface area contributed by atoms with Crippen molar-refractivity contribution in [3.05, 3.63) is 69.7 Å². The van der Waals surface area contributed by atoms with E-state index in [9.17, 15) is 9.59 Å². The zero-order chi connectivity index (χ0) is 19.8. The summed E-state index contributed by atoms with van der Waals surface area (Å²) in [4.78, 5) is 26.9. The second-order valence-electron chi connectivity index (χ2n) is 6.28. The van der Waals surface area contributed by atoms with Crippen molar-refractivity contribution in [2.24, 2.45) is 0 Å². The second-order valence-corrected chi connectivity index (χ2v) is 7.12. The van der Waals surface area contributed by atoms with Crippen LogP contribution in [-0.2, 0) is 22.6 Å². The summed E-state index contributed by atoms with van der Waals surface area (Å²) in [5.74, 6) is -0.252. The lowest BCUT2D eigenvalue weighted by atomic mass is 10.1. The quantitative estimate of drug-likeness (QED) is 0.702. The van der Waals surface area contributed by atoms with E-state index in [-0.39, 0.29) is 18.2 Å². The van der Waals surface area contributed by atoms with Gasteiger partial charge in [0, 0.05) is 30.1 Å². The van der Waals surface area contributed by atoms with E-state index in [1.54, 1.807) is 24.1 Å². The number of nitrogens with zero attached hydrogens (tertiary/aromatic N) is 1. The molecule has 2 rings (SSSR count). The van der Waals surface area contributed by atoms with Crippen LogP contribution in [0.15, 0.2) is 48.5 Å². The van der Waals surface area contributed by atoms with Crippen LogP contribution in [0, 0.1) is 0 Å². The molecule has 0 heterocycles. The predicted octanol–water partition coefficient (Wildman–Crippen LogP) is 4.48. The van der Waals surface area contributed by atoms with E-state index in [2.05, 4.69) is 5.32 Å². The Morgan fingerprint density at radius 2 is 1.74 bits per heavy atom. The van der Waals surface area contributed by atoms with Crippen LogP contribution in [0.4, 0.5) is 0 Å². The minimum atomic E-state index is -0.524. The number of benzene rings is 2. The predicted molar refractivity (Wildman–Crippen MR) is 110 cm³/mol. The summed E-state index contributed by atoms with van der Waals surface area (Å²) < 4.78 is 0. The molecule has 0 saturated heterocycles. The molecule has 0 spiro atoms. The molecule has 1 unspecified atom stereocenters. The molecule has 1 atom stereocenters. The Balaban J connectivity index is 2.19. The summed E-state index contributed by atoms with van der Waals surface area (Å²) in [6, 6.07) is 14.3. The molecule has 0 radical (unpaired) electrons. The van der Waals surface area contributed by atoms with Crippen molar-refractivity contribution in [2.75, 3.05) is 7.05 Å². The van der Waals surface area contributed by atoms with E-state index in [0.29, 0.717) is 29.4 Å². The number of halogens is 2. The SMILES string of the molecule is CCC(C(=O)NC)N(Cc1ccc(Cl)cc1)C(=O)CCc1ccccc1Cl. The number of carbonyl (C=O) groups excluding carboxylic acids is 2. The molecule has 2 amide bonds. The van der Waals surface area contributed by atoms with Gasteiger partial charge in [-0.15, -0.1) is 0 Å². The summed E-state index contributed by atoms with van der Waals surface area (Å²) in [6.07, 6.45) is 1.34. The monoisotopic (exact) mass is 406 g/mol. The highest BCUT2D eigenvalue weighted by Gasteiger charge is 2.27. The van der Waals surface area contributed by atoms with Crippen LogP contribution in [0.25, 0.3) is 0 Å². The van der Waals surface area contributed by atoms with E-state index in [1.807, 2.05) is 43.3 Å². The molecule has 0 saturated carbocycles. The average Bonchev–Trinajstić information content (AvgIpc) is 2.68. The Morgan fingerprint density at radius 3 is 2.33 bits per heavy atom. The highest BCUT2D eigenvalue weighted by Crippen LogP contribution is 2.19. The number of hydrogen-bond acceptors (Lipinski definition) is 2. The molecule has 0 aliphatic rings. The van der Waals surface area contributed by atoms with Gasteiger partial charge >= 0.3 is 0 Å². The van der Waals surface area contributed by atoms with E-state index >= 15 is 0 Å². The number of likely N-dealkylation sites (N-methyl/N-ethyl adjacent to an activating group) is 1. The zero-order valence-electron chi connectivity index (χ0n) is 15.5. The van der Waals surface area contributed by atoms with Crippen LogP contribution >= 0.6 is 23.2 Å². The Morgan fingerprint density at radius 1 is 1.07 bits per heavy atom. The molecule has 4 nitrogen and oxygen atoms in total. The number of rotatable bonds is 8. The van der Waals surface area contributed by atoms with Gasteiger partial charge in [0.1, 0.15) is 6.04 Å². The molecule has 0 aliphatic carbocycles. The number of nitrogens with one attached hydrogen (secondary N) is 1. The first kappa shape index (κ1) is 21.3. The fourth-order valence-corrected chi connectivity index (χ4v) is 3.32. The Hall–Kier alpha value is -2.04. The minimum Gasteiger partial charge on any atom is -0.357 e. The standard InChI is InChI=1S/C21H24Cl2N2O2/c1-3-19(21(27)24-2)25(14-15-8-11-17(22)12-9-15)20(26)13-10-16-6-4-5-7-18(16)23/h4-9,11-12,19H,3,10,13-14H2,1-2H3,(H,24,27). The van der Waals surface area contributed by atoms with Crippen molar-refractivity contribution in [2.45, 2.75) is 38.8 Å². The smallest absolute Gasteiger partial charge is 0.242 e. The summed E-state index contributed by atoms with van der Waals surface area (Å²) >= 11 is 12.1. The first-order chi connectivity index (χ1) is 13.0. The molecule has 2 aromatic rings. The van der Waals surface area contributed by atoms with Crippen molar-refractivity contribution >= 4 is 35.0 Å². The Bertz CT molecular complexity index is 778. The van der Waals surface area contributed by atoms with Gasteiger partial charge in [0.2, 0.25) is 11.8 Å². The first-order valence-corrected chi connectivity index (χ1v) is 9.70. The normalized spacial score (nSPS) is 11.7. The van der Waals surface area contributed by atoms with Gasteiger partial charge in [-0.25, -0.2) is 0 Å². The number of carbonyl (C=O) groups is 2. The second kappa shape index (κ2) is 10.3. The van der Waals surface area contributed by atoms with Crippen molar-refractivity contribution < 1.29 is 9.59 Å². The van der Waals surface area contributed by atoms with Crippen LogP contribution in [0.2, 0.25) is 10.0 Å². The summed E-state index contributed by atoms with van der Waals surface area (Å²) in [5.41, 5.74) is 1.85. The fraction of sp³-hybridized carbons (Fsp3) is 0.333. The molecule has 6 heteroatoms. The van der Waals surface area contributed by atoms with Crippen molar-refractivity contribution in [1.29, 1.82) is 0 Å². The molecule has 0 aromatic heterocycles. The molecular weight excluding hydrogens is 383 g/mol. The lowest BCUT2D eigenvalue weighted by Crippen LogP contribution is -2.48. The van der Waals surface area contributed by atoms with Gasteiger partial charge in [-0.05, 0) is 42.2 Å². The maximum Gasteiger partial charge on any atom is 0.242 e. The third-order valence-electron chi connectivity index (χ3n) is 4.46. The van der Waals surface area contributed by atoms with E-state index < -0.39 is 6.04 Å². The molecule has 0 aliphatic heterocycles. The van der Waals surface area contributed by atoms with E-state index in [0.717, 1.165) is 11.1 Å². The largest absolute Gasteiger partial charge is 0.357 e. The maximum atomic E-state index is 13.0. The number of aryl methyl sites for hydroxylation is 1. The van der Waals surface area contributed by atoms with Gasteiger partial charge in [0.05, 0.1) is 0 Å². The van der Waals surface area contributed by atoms with Gasteiger partial charge in [-0.3, -0.25) is 9.59 Å². The topological polar surface area (TPSA) is 49.4 Å². The minimum absolute atomic E-state index is 0.0830. The average molecular weight is 407 g/mol. The fourth-order valence-electron chi connectivity index (χ4n) is 2.96. The maximum absolute atomic E-state index is 13.0. The highest BCUT2D eigenvalue weighted by atomic mass is 35.5. The first-order valence-electron chi connectivity index (χ1n) is 8.95. The molecule has 144 valence electrons. The van der Waals surface area contributed by atoms with Crippen LogP contribution in [0.3, 0.4) is 0 Å².